The van der Waals surface area contributed by atoms with E-state index in [1.165, 1.54) is 59.8 Å². The van der Waals surface area contributed by atoms with Gasteiger partial charge >= 0.3 is 0 Å². The van der Waals surface area contributed by atoms with Crippen LogP contribution in [0.4, 0.5) is 0 Å². The van der Waals surface area contributed by atoms with Gasteiger partial charge in [-0.05, 0) is 66.7 Å². The average Bonchev–Trinajstić information content (AvgIpc) is 2.86. The van der Waals surface area contributed by atoms with E-state index in [2.05, 4.69) is 123 Å². The topological polar surface area (TPSA) is 0 Å². The minimum Gasteiger partial charge on any atom is -0.0843 e. The summed E-state index contributed by atoms with van der Waals surface area (Å²) >= 11 is 6.64. The zero-order valence-electron chi connectivity index (χ0n) is 20.3. The van der Waals surface area contributed by atoms with Gasteiger partial charge in [0.1, 0.15) is 0 Å². The second kappa shape index (κ2) is 8.37. The maximum Gasteiger partial charge on any atom is 0.0784 e. The highest BCUT2D eigenvalue weighted by molar-refractivity contribution is 6.90. The third kappa shape index (κ3) is 3.67. The molecule has 2 heteroatoms. The Kier molecular flexibility index (Phi) is 5.29. The molecule has 6 aromatic rings. The third-order valence-electron chi connectivity index (χ3n) is 7.05. The molecule has 0 radical (unpaired) electrons. The van der Waals surface area contributed by atoms with Gasteiger partial charge in [-0.3, -0.25) is 0 Å². The SMILES string of the molecule is C[Si](C)(C)c1cccc2c(-c3c4ccccc4c(-c4ccccc4)c4ccc(Cl)cc34)cccc12. The van der Waals surface area contributed by atoms with Gasteiger partial charge in [0.15, 0.2) is 0 Å². The van der Waals surface area contributed by atoms with Crippen LogP contribution in [0.2, 0.25) is 24.7 Å². The Balaban J connectivity index is 1.82. The molecule has 0 aromatic heterocycles. The first kappa shape index (κ1) is 22.1. The summed E-state index contributed by atoms with van der Waals surface area (Å²) in [6, 6.07) is 39.5. The van der Waals surface area contributed by atoms with Crippen molar-refractivity contribution in [1.29, 1.82) is 0 Å². The number of fused-ring (bicyclic) bond motifs is 3. The summed E-state index contributed by atoms with van der Waals surface area (Å²) in [5, 5.41) is 9.89. The Hall–Kier alpha value is -3.39. The lowest BCUT2D eigenvalue weighted by Gasteiger charge is -2.22. The quantitative estimate of drug-likeness (QED) is 0.172. The highest BCUT2D eigenvalue weighted by Gasteiger charge is 2.22. The van der Waals surface area contributed by atoms with Crippen LogP contribution in [0.5, 0.6) is 0 Å². The van der Waals surface area contributed by atoms with E-state index in [-0.39, 0.29) is 0 Å². The first-order valence-electron chi connectivity index (χ1n) is 12.2. The molecule has 0 spiro atoms. The van der Waals surface area contributed by atoms with Gasteiger partial charge in [0.05, 0.1) is 8.07 Å². The van der Waals surface area contributed by atoms with Gasteiger partial charge in [-0.15, -0.1) is 0 Å². The molecule has 0 amide bonds. The molecule has 0 N–H and O–H groups in total. The number of benzene rings is 6. The molecule has 6 rings (SSSR count). The van der Waals surface area contributed by atoms with Gasteiger partial charge in [-0.25, -0.2) is 0 Å². The monoisotopic (exact) mass is 486 g/mol. The van der Waals surface area contributed by atoms with E-state index in [0.717, 1.165) is 5.02 Å². The molecule has 0 atom stereocenters. The lowest BCUT2D eigenvalue weighted by atomic mass is 9.85. The zero-order chi connectivity index (χ0) is 24.2. The van der Waals surface area contributed by atoms with Crippen molar-refractivity contribution in [2.75, 3.05) is 0 Å². The fourth-order valence-corrected chi connectivity index (χ4v) is 7.33. The molecular formula is C33H27ClSi. The minimum atomic E-state index is -1.51. The van der Waals surface area contributed by atoms with E-state index in [0.29, 0.717) is 0 Å². The summed E-state index contributed by atoms with van der Waals surface area (Å²) in [4.78, 5) is 0. The summed E-state index contributed by atoms with van der Waals surface area (Å²) in [5.41, 5.74) is 5.02. The molecule has 0 aliphatic heterocycles. The molecule has 0 aliphatic rings. The standard InChI is InChI=1S/C33H27ClSi/c1-35(2,3)31-18-10-15-24-25(31)16-9-17-26(24)33-28-14-8-7-13-27(28)32(22-11-5-4-6-12-22)29-20-19-23(34)21-30(29)33/h4-21H,1-3H3. The molecule has 0 bridgehead atoms. The van der Waals surface area contributed by atoms with Crippen molar-refractivity contribution in [1.82, 2.24) is 0 Å². The highest BCUT2D eigenvalue weighted by Crippen LogP contribution is 2.45. The third-order valence-corrected chi connectivity index (χ3v) is 9.34. The van der Waals surface area contributed by atoms with Crippen LogP contribution in [0.3, 0.4) is 0 Å². The van der Waals surface area contributed by atoms with Crippen molar-refractivity contribution in [3.05, 3.63) is 114 Å². The van der Waals surface area contributed by atoms with Crippen LogP contribution in [0.15, 0.2) is 109 Å². The van der Waals surface area contributed by atoms with Crippen molar-refractivity contribution in [2.24, 2.45) is 0 Å². The lowest BCUT2D eigenvalue weighted by Crippen LogP contribution is -2.37. The summed E-state index contributed by atoms with van der Waals surface area (Å²) in [5.74, 6) is 0. The molecule has 0 aliphatic carbocycles. The highest BCUT2D eigenvalue weighted by atomic mass is 35.5. The second-order valence-electron chi connectivity index (χ2n) is 10.3. The molecule has 0 nitrogen and oxygen atoms in total. The molecule has 170 valence electrons. The van der Waals surface area contributed by atoms with Gasteiger partial charge in [0.25, 0.3) is 0 Å². The second-order valence-corrected chi connectivity index (χ2v) is 15.8. The number of hydrogen-bond acceptors (Lipinski definition) is 0. The van der Waals surface area contributed by atoms with Crippen molar-refractivity contribution >= 4 is 57.2 Å². The summed E-state index contributed by atoms with van der Waals surface area (Å²) < 4.78 is 0. The number of hydrogen-bond donors (Lipinski definition) is 0. The average molecular weight is 487 g/mol. The summed E-state index contributed by atoms with van der Waals surface area (Å²) in [7, 11) is -1.51. The summed E-state index contributed by atoms with van der Waals surface area (Å²) in [6.07, 6.45) is 0. The van der Waals surface area contributed by atoms with Crippen LogP contribution in [0.1, 0.15) is 0 Å². The van der Waals surface area contributed by atoms with Crippen LogP contribution in [-0.4, -0.2) is 8.07 Å². The number of halogens is 1. The number of rotatable bonds is 3. The zero-order valence-corrected chi connectivity index (χ0v) is 22.0. The minimum absolute atomic E-state index is 0.760. The van der Waals surface area contributed by atoms with Crippen LogP contribution in [-0.2, 0) is 0 Å². The van der Waals surface area contributed by atoms with E-state index < -0.39 is 8.07 Å². The van der Waals surface area contributed by atoms with Crippen LogP contribution in [0.25, 0.3) is 54.6 Å². The van der Waals surface area contributed by atoms with E-state index in [1.54, 1.807) is 0 Å². The van der Waals surface area contributed by atoms with Crippen molar-refractivity contribution in [3.8, 4) is 22.3 Å². The van der Waals surface area contributed by atoms with Gasteiger partial charge in [-0.1, -0.05) is 133 Å². The van der Waals surface area contributed by atoms with Gasteiger partial charge < -0.3 is 0 Å². The van der Waals surface area contributed by atoms with Crippen molar-refractivity contribution < 1.29 is 0 Å². The van der Waals surface area contributed by atoms with Crippen molar-refractivity contribution in [2.45, 2.75) is 19.6 Å². The first-order valence-corrected chi connectivity index (χ1v) is 16.0. The fourth-order valence-electron chi connectivity index (χ4n) is 5.54. The predicted octanol–water partition coefficient (Wildman–Crippen LogP) is 9.68. The molecule has 6 aromatic carbocycles. The van der Waals surface area contributed by atoms with E-state index in [9.17, 15) is 0 Å². The largest absolute Gasteiger partial charge is 0.0843 e. The molecule has 0 heterocycles. The van der Waals surface area contributed by atoms with Gasteiger partial charge in [0.2, 0.25) is 0 Å². The molecular weight excluding hydrogens is 460 g/mol. The first-order chi connectivity index (χ1) is 16.9. The molecule has 0 unspecified atom stereocenters. The normalized spacial score (nSPS) is 12.0. The Morgan fingerprint density at radius 2 is 1.09 bits per heavy atom. The Bertz CT molecular complexity index is 1730. The molecule has 0 saturated heterocycles. The summed E-state index contributed by atoms with van der Waals surface area (Å²) in [6.45, 7) is 7.27. The maximum absolute atomic E-state index is 6.64. The molecule has 0 fully saturated rings. The Labute approximate surface area is 212 Å². The maximum atomic E-state index is 6.64. The van der Waals surface area contributed by atoms with E-state index in [1.807, 2.05) is 6.07 Å². The lowest BCUT2D eigenvalue weighted by molar-refractivity contribution is 1.66. The van der Waals surface area contributed by atoms with E-state index in [4.69, 9.17) is 11.6 Å². The van der Waals surface area contributed by atoms with Gasteiger partial charge in [-0.2, -0.15) is 0 Å². The smallest absolute Gasteiger partial charge is 0.0784 e. The van der Waals surface area contributed by atoms with Crippen molar-refractivity contribution in [3.63, 3.8) is 0 Å². The van der Waals surface area contributed by atoms with Gasteiger partial charge in [0, 0.05) is 5.02 Å². The van der Waals surface area contributed by atoms with E-state index >= 15 is 0 Å². The predicted molar refractivity (Wildman–Crippen MR) is 158 cm³/mol. The Morgan fingerprint density at radius 3 is 1.83 bits per heavy atom. The van der Waals surface area contributed by atoms with Crippen LogP contribution >= 0.6 is 11.6 Å². The van der Waals surface area contributed by atoms with Crippen LogP contribution < -0.4 is 5.19 Å². The Morgan fingerprint density at radius 1 is 0.486 bits per heavy atom. The fraction of sp³-hybridized carbons (Fsp3) is 0.0909. The molecule has 35 heavy (non-hydrogen) atoms. The van der Waals surface area contributed by atoms with Crippen LogP contribution in [0, 0.1) is 0 Å². The molecule has 0 saturated carbocycles.